The van der Waals surface area contributed by atoms with E-state index in [1.165, 1.54) is 6.08 Å². The third-order valence-corrected chi connectivity index (χ3v) is 6.32. The van der Waals surface area contributed by atoms with Gasteiger partial charge in [0, 0.05) is 18.7 Å². The molecule has 7 heteroatoms. The second-order valence-electron chi connectivity index (χ2n) is 8.69. The predicted octanol–water partition coefficient (Wildman–Crippen LogP) is 4.33. The van der Waals surface area contributed by atoms with E-state index in [-0.39, 0.29) is 11.8 Å². The van der Waals surface area contributed by atoms with Crippen molar-refractivity contribution in [2.45, 2.75) is 32.7 Å². The van der Waals surface area contributed by atoms with Gasteiger partial charge in [-0.2, -0.15) is 5.10 Å². The van der Waals surface area contributed by atoms with E-state index in [9.17, 15) is 9.59 Å². The van der Waals surface area contributed by atoms with Crippen molar-refractivity contribution in [3.8, 4) is 22.8 Å². The number of primary amides is 1. The van der Waals surface area contributed by atoms with Crippen LogP contribution in [-0.2, 0) is 17.8 Å². The van der Waals surface area contributed by atoms with Crippen LogP contribution >= 0.6 is 0 Å². The number of fused-ring (bicyclic) bond motifs is 1. The highest BCUT2D eigenvalue weighted by atomic mass is 16.5. The van der Waals surface area contributed by atoms with Gasteiger partial charge in [-0.05, 0) is 67.2 Å². The Bertz CT molecular complexity index is 1170. The summed E-state index contributed by atoms with van der Waals surface area (Å²) in [6.45, 7) is 6.81. The molecule has 0 saturated heterocycles. The SMILES string of the molecule is C=CC(=O)NCC1CC(CC)Cc2c(C(N)=O)c(-c3ccc(Oc4ccccc4)cc3)nn2C1. The van der Waals surface area contributed by atoms with Gasteiger partial charge in [0.1, 0.15) is 17.2 Å². The molecule has 3 aromatic rings. The Kier molecular flexibility index (Phi) is 7.11. The molecule has 2 heterocycles. The molecular weight excluding hydrogens is 428 g/mol. The average molecular weight is 459 g/mol. The van der Waals surface area contributed by atoms with Crippen LogP contribution in [0, 0.1) is 11.8 Å². The van der Waals surface area contributed by atoms with E-state index in [0.29, 0.717) is 36.0 Å². The largest absolute Gasteiger partial charge is 0.457 e. The normalized spacial score (nSPS) is 17.3. The number of nitrogens with two attached hydrogens (primary N) is 1. The number of carbonyl (C=O) groups excluding carboxylic acids is 2. The molecule has 1 aliphatic heterocycles. The van der Waals surface area contributed by atoms with Crippen LogP contribution in [0.4, 0.5) is 0 Å². The molecule has 0 spiro atoms. The van der Waals surface area contributed by atoms with Gasteiger partial charge in [-0.15, -0.1) is 0 Å². The lowest BCUT2D eigenvalue weighted by molar-refractivity contribution is -0.116. The fourth-order valence-corrected chi connectivity index (χ4v) is 4.54. The van der Waals surface area contributed by atoms with Gasteiger partial charge in [-0.25, -0.2) is 0 Å². The molecule has 3 N–H and O–H groups in total. The summed E-state index contributed by atoms with van der Waals surface area (Å²) in [4.78, 5) is 24.2. The number of ether oxygens (including phenoxy) is 1. The number of amides is 2. The van der Waals surface area contributed by atoms with E-state index >= 15 is 0 Å². The van der Waals surface area contributed by atoms with E-state index in [1.807, 2.05) is 59.3 Å². The molecule has 2 aromatic carbocycles. The van der Waals surface area contributed by atoms with Crippen LogP contribution in [-0.4, -0.2) is 28.1 Å². The van der Waals surface area contributed by atoms with Gasteiger partial charge in [-0.3, -0.25) is 14.3 Å². The fourth-order valence-electron chi connectivity index (χ4n) is 4.54. The minimum atomic E-state index is -0.478. The molecule has 0 bridgehead atoms. The van der Waals surface area contributed by atoms with E-state index in [4.69, 9.17) is 15.6 Å². The second kappa shape index (κ2) is 10.4. The van der Waals surface area contributed by atoms with Crippen molar-refractivity contribution in [3.05, 3.63) is 78.5 Å². The number of hydrogen-bond donors (Lipinski definition) is 2. The van der Waals surface area contributed by atoms with E-state index < -0.39 is 5.91 Å². The van der Waals surface area contributed by atoms with Crippen LogP contribution < -0.4 is 15.8 Å². The molecule has 0 aliphatic carbocycles. The Morgan fingerprint density at radius 2 is 1.85 bits per heavy atom. The topological polar surface area (TPSA) is 99.2 Å². The first kappa shape index (κ1) is 23.3. The van der Waals surface area contributed by atoms with Crippen molar-refractivity contribution in [1.29, 1.82) is 0 Å². The third kappa shape index (κ3) is 5.20. The van der Waals surface area contributed by atoms with Crippen LogP contribution in [0.5, 0.6) is 11.5 Å². The first-order valence-electron chi connectivity index (χ1n) is 11.6. The van der Waals surface area contributed by atoms with Crippen molar-refractivity contribution in [1.82, 2.24) is 15.1 Å². The van der Waals surface area contributed by atoms with Crippen molar-refractivity contribution >= 4 is 11.8 Å². The van der Waals surface area contributed by atoms with Crippen LogP contribution in [0.2, 0.25) is 0 Å². The summed E-state index contributed by atoms with van der Waals surface area (Å²) in [7, 11) is 0. The minimum absolute atomic E-state index is 0.186. The van der Waals surface area contributed by atoms with Gasteiger partial charge >= 0.3 is 0 Å². The summed E-state index contributed by atoms with van der Waals surface area (Å²) in [5, 5.41) is 7.73. The van der Waals surface area contributed by atoms with E-state index in [2.05, 4.69) is 18.8 Å². The summed E-state index contributed by atoms with van der Waals surface area (Å²) in [5.41, 5.74) is 8.59. The van der Waals surface area contributed by atoms with Crippen LogP contribution in [0.15, 0.2) is 67.3 Å². The highest BCUT2D eigenvalue weighted by Gasteiger charge is 2.30. The number of hydrogen-bond acceptors (Lipinski definition) is 4. The van der Waals surface area contributed by atoms with Gasteiger partial charge in [0.05, 0.1) is 11.3 Å². The lowest BCUT2D eigenvalue weighted by Crippen LogP contribution is -2.30. The molecule has 7 nitrogen and oxygen atoms in total. The van der Waals surface area contributed by atoms with Gasteiger partial charge < -0.3 is 15.8 Å². The number of carbonyl (C=O) groups is 2. The first-order chi connectivity index (χ1) is 16.5. The lowest BCUT2D eigenvalue weighted by atomic mass is 9.89. The van der Waals surface area contributed by atoms with Crippen LogP contribution in [0.3, 0.4) is 0 Å². The predicted molar refractivity (Wildman–Crippen MR) is 131 cm³/mol. The summed E-state index contributed by atoms with van der Waals surface area (Å²) in [6.07, 6.45) is 3.91. The van der Waals surface area contributed by atoms with Crippen LogP contribution in [0.25, 0.3) is 11.3 Å². The number of para-hydroxylation sites is 1. The maximum absolute atomic E-state index is 12.6. The molecule has 1 aliphatic rings. The lowest BCUT2D eigenvalue weighted by Gasteiger charge is -2.19. The Labute approximate surface area is 199 Å². The van der Waals surface area contributed by atoms with Gasteiger partial charge in [0.15, 0.2) is 0 Å². The van der Waals surface area contributed by atoms with Gasteiger partial charge in [0.25, 0.3) is 5.91 Å². The highest BCUT2D eigenvalue weighted by molar-refractivity contribution is 6.00. The maximum atomic E-state index is 12.6. The minimum Gasteiger partial charge on any atom is -0.457 e. The van der Waals surface area contributed by atoms with Gasteiger partial charge in [-0.1, -0.05) is 38.1 Å². The van der Waals surface area contributed by atoms with E-state index in [1.54, 1.807) is 0 Å². The zero-order valence-electron chi connectivity index (χ0n) is 19.4. The molecular formula is C27H30N4O3. The van der Waals surface area contributed by atoms with Crippen molar-refractivity contribution in [2.75, 3.05) is 6.54 Å². The summed E-state index contributed by atoms with van der Waals surface area (Å²) < 4.78 is 7.79. The first-order valence-corrected chi connectivity index (χ1v) is 11.6. The molecule has 0 radical (unpaired) electrons. The Morgan fingerprint density at radius 1 is 1.15 bits per heavy atom. The van der Waals surface area contributed by atoms with Crippen LogP contribution in [0.1, 0.15) is 35.8 Å². The molecule has 2 unspecified atom stereocenters. The van der Waals surface area contributed by atoms with Crippen molar-refractivity contribution < 1.29 is 14.3 Å². The summed E-state index contributed by atoms with van der Waals surface area (Å²) in [6, 6.07) is 17.1. The molecule has 0 saturated carbocycles. The average Bonchev–Trinajstić information content (AvgIpc) is 3.10. The third-order valence-electron chi connectivity index (χ3n) is 6.32. The molecule has 2 atom stereocenters. The number of rotatable bonds is 8. The second-order valence-corrected chi connectivity index (χ2v) is 8.69. The molecule has 2 amide bonds. The summed E-state index contributed by atoms with van der Waals surface area (Å²) in [5.74, 6) is 1.35. The Hall–Kier alpha value is -3.87. The number of aromatic nitrogens is 2. The van der Waals surface area contributed by atoms with Gasteiger partial charge in [0.2, 0.25) is 5.91 Å². The summed E-state index contributed by atoms with van der Waals surface area (Å²) >= 11 is 0. The molecule has 0 fully saturated rings. The number of nitrogens with one attached hydrogen (secondary N) is 1. The number of benzene rings is 2. The fraction of sp³-hybridized carbons (Fsp3) is 0.296. The molecule has 34 heavy (non-hydrogen) atoms. The van der Waals surface area contributed by atoms with Crippen molar-refractivity contribution in [3.63, 3.8) is 0 Å². The monoisotopic (exact) mass is 458 g/mol. The Balaban J connectivity index is 1.64. The molecule has 176 valence electrons. The standard InChI is InChI=1S/C27H30N4O3/c1-3-18-14-19(16-29-24(32)4-2)17-31-23(15-18)25(27(28)33)26(30-31)20-10-12-22(13-11-20)34-21-8-6-5-7-9-21/h4-13,18-19H,2-3,14-17H2,1H3,(H2,28,33)(H,29,32). The maximum Gasteiger partial charge on any atom is 0.252 e. The quantitative estimate of drug-likeness (QED) is 0.491. The molecule has 4 rings (SSSR count). The number of nitrogens with zero attached hydrogens (tertiary/aromatic N) is 2. The highest BCUT2D eigenvalue weighted by Crippen LogP contribution is 2.34. The Morgan fingerprint density at radius 3 is 2.50 bits per heavy atom. The van der Waals surface area contributed by atoms with Crippen molar-refractivity contribution in [2.24, 2.45) is 17.6 Å². The smallest absolute Gasteiger partial charge is 0.252 e. The van der Waals surface area contributed by atoms with E-state index in [0.717, 1.165) is 36.3 Å². The zero-order valence-corrected chi connectivity index (χ0v) is 19.4. The zero-order chi connectivity index (χ0) is 24.1. The molecule has 1 aromatic heterocycles.